The lowest BCUT2D eigenvalue weighted by molar-refractivity contribution is -0.124. The molecule has 3 N–H and O–H groups in total. The van der Waals surface area contributed by atoms with Crippen LogP contribution in [0.25, 0.3) is 0 Å². The molecule has 1 aromatic carbocycles. The first-order chi connectivity index (χ1) is 11.1. The Morgan fingerprint density at radius 1 is 1.13 bits per heavy atom. The smallest absolute Gasteiger partial charge is 0.246 e. The van der Waals surface area contributed by atoms with Crippen LogP contribution in [0.15, 0.2) is 24.3 Å². The van der Waals surface area contributed by atoms with Crippen LogP contribution in [-0.4, -0.2) is 24.4 Å². The van der Waals surface area contributed by atoms with Gasteiger partial charge in [-0.25, -0.2) is 0 Å². The summed E-state index contributed by atoms with van der Waals surface area (Å²) >= 11 is 0. The minimum atomic E-state index is -0.557. The molecule has 0 heterocycles. The quantitative estimate of drug-likeness (QED) is 0.755. The third-order valence-corrected chi connectivity index (χ3v) is 4.30. The molecule has 1 atom stereocenters. The van der Waals surface area contributed by atoms with Crippen molar-refractivity contribution in [3.63, 3.8) is 0 Å². The van der Waals surface area contributed by atoms with E-state index < -0.39 is 6.04 Å². The van der Waals surface area contributed by atoms with Gasteiger partial charge in [-0.3, -0.25) is 9.59 Å². The van der Waals surface area contributed by atoms with Crippen LogP contribution in [-0.2, 0) is 9.59 Å². The molecular weight excluding hydrogens is 290 g/mol. The number of hydrogen-bond acceptors (Lipinski definition) is 3. The molecule has 1 aromatic rings. The van der Waals surface area contributed by atoms with Gasteiger partial charge in [-0.05, 0) is 37.8 Å². The standard InChI is InChI=1S/C18H27N3O2/c1-13(20-14(2)22)18(23)21-17-11-7-6-10-16(17)19-12-15-8-4-3-5-9-15/h6-7,10-11,13,15,19H,3-5,8-9,12H2,1-2H3,(H,20,22)(H,21,23)/t13-/m1/s1. The molecule has 0 spiro atoms. The van der Waals surface area contributed by atoms with Crippen molar-refractivity contribution in [3.05, 3.63) is 24.3 Å². The van der Waals surface area contributed by atoms with E-state index in [0.717, 1.165) is 17.9 Å². The predicted octanol–water partition coefficient (Wildman–Crippen LogP) is 3.14. The molecule has 2 rings (SSSR count). The maximum Gasteiger partial charge on any atom is 0.246 e. The molecule has 0 unspecified atom stereocenters. The SMILES string of the molecule is CC(=O)N[C@H](C)C(=O)Nc1ccccc1NCC1CCCCC1. The summed E-state index contributed by atoms with van der Waals surface area (Å²) < 4.78 is 0. The van der Waals surface area contributed by atoms with E-state index in [4.69, 9.17) is 0 Å². The molecule has 1 saturated carbocycles. The highest BCUT2D eigenvalue weighted by Gasteiger charge is 2.16. The van der Waals surface area contributed by atoms with Gasteiger partial charge in [0.25, 0.3) is 0 Å². The van der Waals surface area contributed by atoms with Crippen LogP contribution in [0.5, 0.6) is 0 Å². The van der Waals surface area contributed by atoms with E-state index >= 15 is 0 Å². The van der Waals surface area contributed by atoms with Crippen molar-refractivity contribution in [2.45, 2.75) is 52.0 Å². The summed E-state index contributed by atoms with van der Waals surface area (Å²) in [6.07, 6.45) is 6.55. The lowest BCUT2D eigenvalue weighted by atomic mass is 9.89. The van der Waals surface area contributed by atoms with Crippen LogP contribution in [0.1, 0.15) is 46.0 Å². The van der Waals surface area contributed by atoms with Gasteiger partial charge in [-0.2, -0.15) is 0 Å². The van der Waals surface area contributed by atoms with Gasteiger partial charge in [0, 0.05) is 13.5 Å². The van der Waals surface area contributed by atoms with E-state index in [2.05, 4.69) is 16.0 Å². The molecule has 1 aliphatic carbocycles. The average molecular weight is 317 g/mol. The van der Waals surface area contributed by atoms with Crippen molar-refractivity contribution in [2.75, 3.05) is 17.2 Å². The van der Waals surface area contributed by atoms with Gasteiger partial charge in [-0.15, -0.1) is 0 Å². The fourth-order valence-electron chi connectivity index (χ4n) is 3.00. The van der Waals surface area contributed by atoms with Crippen molar-refractivity contribution in [1.82, 2.24) is 5.32 Å². The second-order valence-corrected chi connectivity index (χ2v) is 6.34. The molecular formula is C18H27N3O2. The summed E-state index contributed by atoms with van der Waals surface area (Å²) in [4.78, 5) is 23.2. The van der Waals surface area contributed by atoms with Crippen molar-refractivity contribution in [2.24, 2.45) is 5.92 Å². The third-order valence-electron chi connectivity index (χ3n) is 4.30. The third kappa shape index (κ3) is 5.58. The number of anilines is 2. The molecule has 23 heavy (non-hydrogen) atoms. The van der Waals surface area contributed by atoms with Gasteiger partial charge in [0.2, 0.25) is 11.8 Å². The number of amides is 2. The number of nitrogens with one attached hydrogen (secondary N) is 3. The van der Waals surface area contributed by atoms with Gasteiger partial charge in [-0.1, -0.05) is 31.4 Å². The Bertz CT molecular complexity index is 539. The summed E-state index contributed by atoms with van der Waals surface area (Å²) in [6, 6.07) is 7.14. The fourth-order valence-corrected chi connectivity index (χ4v) is 3.00. The number of para-hydroxylation sites is 2. The lowest BCUT2D eigenvalue weighted by Gasteiger charge is -2.23. The van der Waals surface area contributed by atoms with E-state index in [9.17, 15) is 9.59 Å². The Labute approximate surface area is 138 Å². The van der Waals surface area contributed by atoms with E-state index in [1.54, 1.807) is 6.92 Å². The van der Waals surface area contributed by atoms with Gasteiger partial charge >= 0.3 is 0 Å². The van der Waals surface area contributed by atoms with E-state index in [1.807, 2.05) is 24.3 Å². The molecule has 5 heteroatoms. The van der Waals surface area contributed by atoms with Crippen LogP contribution in [0.3, 0.4) is 0 Å². The molecule has 0 radical (unpaired) electrons. The molecule has 2 amide bonds. The summed E-state index contributed by atoms with van der Waals surface area (Å²) in [5.74, 6) is 0.286. The number of benzene rings is 1. The molecule has 126 valence electrons. The summed E-state index contributed by atoms with van der Waals surface area (Å²) in [6.45, 7) is 4.02. The van der Waals surface area contributed by atoms with Gasteiger partial charge in [0.15, 0.2) is 0 Å². The molecule has 0 aromatic heterocycles. The number of hydrogen-bond donors (Lipinski definition) is 3. The van der Waals surface area contributed by atoms with E-state index in [1.165, 1.54) is 39.0 Å². The molecule has 0 saturated heterocycles. The Hall–Kier alpha value is -2.04. The average Bonchev–Trinajstić information content (AvgIpc) is 2.54. The maximum absolute atomic E-state index is 12.2. The second-order valence-electron chi connectivity index (χ2n) is 6.34. The summed E-state index contributed by atoms with van der Waals surface area (Å²) in [5.41, 5.74) is 1.69. The summed E-state index contributed by atoms with van der Waals surface area (Å²) in [5, 5.41) is 8.95. The normalized spacial score (nSPS) is 16.4. The first-order valence-corrected chi connectivity index (χ1v) is 8.47. The molecule has 0 bridgehead atoms. The largest absolute Gasteiger partial charge is 0.383 e. The highest BCUT2D eigenvalue weighted by Crippen LogP contribution is 2.26. The molecule has 1 fully saturated rings. The van der Waals surface area contributed by atoms with Crippen LogP contribution in [0, 0.1) is 5.92 Å². The lowest BCUT2D eigenvalue weighted by Crippen LogP contribution is -2.40. The van der Waals surface area contributed by atoms with E-state index in [-0.39, 0.29) is 11.8 Å². The molecule has 1 aliphatic rings. The maximum atomic E-state index is 12.2. The van der Waals surface area contributed by atoms with Crippen molar-refractivity contribution >= 4 is 23.2 Å². The first kappa shape index (κ1) is 17.3. The monoisotopic (exact) mass is 317 g/mol. The predicted molar refractivity (Wildman–Crippen MR) is 93.4 cm³/mol. The van der Waals surface area contributed by atoms with Gasteiger partial charge in [0.05, 0.1) is 11.4 Å². The minimum Gasteiger partial charge on any atom is -0.383 e. The Morgan fingerprint density at radius 3 is 2.43 bits per heavy atom. The Balaban J connectivity index is 1.93. The first-order valence-electron chi connectivity index (χ1n) is 8.47. The summed E-state index contributed by atoms with van der Waals surface area (Å²) in [7, 11) is 0. The number of carbonyl (C=O) groups excluding carboxylic acids is 2. The molecule has 5 nitrogen and oxygen atoms in total. The van der Waals surface area contributed by atoms with Gasteiger partial charge in [0.1, 0.15) is 6.04 Å². The second kappa shape index (κ2) is 8.56. The Kier molecular flexibility index (Phi) is 6.44. The number of carbonyl (C=O) groups is 2. The highest BCUT2D eigenvalue weighted by molar-refractivity contribution is 5.98. The highest BCUT2D eigenvalue weighted by atomic mass is 16.2. The number of rotatable bonds is 6. The zero-order valence-corrected chi connectivity index (χ0v) is 14.0. The van der Waals surface area contributed by atoms with Crippen LogP contribution < -0.4 is 16.0 Å². The molecule has 0 aliphatic heterocycles. The van der Waals surface area contributed by atoms with Crippen LogP contribution >= 0.6 is 0 Å². The van der Waals surface area contributed by atoms with Gasteiger partial charge < -0.3 is 16.0 Å². The van der Waals surface area contributed by atoms with Crippen LogP contribution in [0.2, 0.25) is 0 Å². The van der Waals surface area contributed by atoms with Crippen LogP contribution in [0.4, 0.5) is 11.4 Å². The van der Waals surface area contributed by atoms with Crippen molar-refractivity contribution < 1.29 is 9.59 Å². The zero-order valence-electron chi connectivity index (χ0n) is 14.0. The minimum absolute atomic E-state index is 0.212. The Morgan fingerprint density at radius 2 is 1.78 bits per heavy atom. The van der Waals surface area contributed by atoms with Crippen molar-refractivity contribution in [1.29, 1.82) is 0 Å². The van der Waals surface area contributed by atoms with Crippen molar-refractivity contribution in [3.8, 4) is 0 Å². The topological polar surface area (TPSA) is 70.2 Å². The van der Waals surface area contributed by atoms with E-state index in [0.29, 0.717) is 5.92 Å². The zero-order chi connectivity index (χ0) is 16.7. The fraction of sp³-hybridized carbons (Fsp3) is 0.556.